The zero-order valence-electron chi connectivity index (χ0n) is 10.0. The van der Waals surface area contributed by atoms with Crippen molar-refractivity contribution in [2.24, 2.45) is 11.7 Å². The predicted molar refractivity (Wildman–Crippen MR) is 67.5 cm³/mol. The number of aromatic carboxylic acids is 1. The monoisotopic (exact) mass is 248 g/mol. The van der Waals surface area contributed by atoms with Gasteiger partial charge in [-0.3, -0.25) is 4.79 Å². The van der Waals surface area contributed by atoms with Crippen LogP contribution in [0.2, 0.25) is 0 Å². The number of benzene rings is 1. The van der Waals surface area contributed by atoms with Crippen molar-refractivity contribution in [1.82, 2.24) is 0 Å². The molecule has 5 heteroatoms. The molecule has 0 unspecified atom stereocenters. The lowest BCUT2D eigenvalue weighted by Gasteiger charge is -2.33. The molecule has 1 saturated heterocycles. The third-order valence-corrected chi connectivity index (χ3v) is 3.30. The van der Waals surface area contributed by atoms with Crippen LogP contribution in [-0.2, 0) is 4.79 Å². The number of carbonyl (C=O) groups is 2. The highest BCUT2D eigenvalue weighted by Crippen LogP contribution is 2.23. The molecule has 0 aromatic heterocycles. The first kappa shape index (κ1) is 12.4. The normalized spacial score (nSPS) is 19.6. The van der Waals surface area contributed by atoms with Gasteiger partial charge < -0.3 is 15.7 Å². The van der Waals surface area contributed by atoms with Crippen LogP contribution < -0.4 is 10.6 Å². The summed E-state index contributed by atoms with van der Waals surface area (Å²) in [6.45, 7) is 1.48. The van der Waals surface area contributed by atoms with E-state index in [2.05, 4.69) is 4.90 Å². The van der Waals surface area contributed by atoms with E-state index in [4.69, 9.17) is 10.8 Å². The highest BCUT2D eigenvalue weighted by atomic mass is 16.4. The molecule has 1 aromatic carbocycles. The maximum Gasteiger partial charge on any atom is 0.335 e. The number of amides is 1. The fraction of sp³-hybridized carbons (Fsp3) is 0.385. The lowest BCUT2D eigenvalue weighted by atomic mass is 9.97. The predicted octanol–water partition coefficient (Wildman–Crippen LogP) is 1.09. The van der Waals surface area contributed by atoms with E-state index in [1.807, 2.05) is 0 Å². The molecular weight excluding hydrogens is 232 g/mol. The van der Waals surface area contributed by atoms with Gasteiger partial charge in [0, 0.05) is 18.8 Å². The molecule has 96 valence electrons. The number of rotatable bonds is 3. The Labute approximate surface area is 105 Å². The van der Waals surface area contributed by atoms with Gasteiger partial charge in [0.2, 0.25) is 5.91 Å². The smallest absolute Gasteiger partial charge is 0.335 e. The van der Waals surface area contributed by atoms with Crippen molar-refractivity contribution in [1.29, 1.82) is 0 Å². The number of nitrogens with two attached hydrogens (primary N) is 1. The van der Waals surface area contributed by atoms with E-state index in [-0.39, 0.29) is 17.4 Å². The molecule has 5 nitrogen and oxygen atoms in total. The molecule has 2 rings (SSSR count). The Morgan fingerprint density at radius 3 is 2.50 bits per heavy atom. The molecule has 1 atom stereocenters. The molecule has 0 bridgehead atoms. The molecule has 0 spiro atoms. The standard InChI is InChI=1S/C13H16N2O3/c14-12(16)10-2-1-7-15(8-10)11-5-3-9(4-6-11)13(17)18/h3-6,10H,1-2,7-8H2,(H2,14,16)(H,17,18)/t10-/m0/s1. The van der Waals surface area contributed by atoms with Crippen LogP contribution in [-0.4, -0.2) is 30.1 Å². The van der Waals surface area contributed by atoms with Crippen LogP contribution >= 0.6 is 0 Å². The van der Waals surface area contributed by atoms with Crippen molar-refractivity contribution in [3.63, 3.8) is 0 Å². The molecule has 0 aliphatic carbocycles. The molecule has 3 N–H and O–H groups in total. The Hall–Kier alpha value is -2.04. The fourth-order valence-corrected chi connectivity index (χ4v) is 2.26. The summed E-state index contributed by atoms with van der Waals surface area (Å²) in [5.41, 5.74) is 6.53. The summed E-state index contributed by atoms with van der Waals surface area (Å²) < 4.78 is 0. The van der Waals surface area contributed by atoms with Gasteiger partial charge in [0.25, 0.3) is 0 Å². The number of anilines is 1. The van der Waals surface area contributed by atoms with Gasteiger partial charge >= 0.3 is 5.97 Å². The first-order valence-electron chi connectivity index (χ1n) is 5.95. The second-order valence-corrected chi connectivity index (χ2v) is 4.54. The average molecular weight is 248 g/mol. The molecule has 1 aromatic rings. The van der Waals surface area contributed by atoms with Gasteiger partial charge in [0.15, 0.2) is 0 Å². The first-order valence-corrected chi connectivity index (χ1v) is 5.95. The van der Waals surface area contributed by atoms with E-state index in [9.17, 15) is 9.59 Å². The lowest BCUT2D eigenvalue weighted by molar-refractivity contribution is -0.122. The summed E-state index contributed by atoms with van der Waals surface area (Å²) in [4.78, 5) is 24.0. The Balaban J connectivity index is 2.11. The van der Waals surface area contributed by atoms with Crippen LogP contribution in [0.5, 0.6) is 0 Å². The summed E-state index contributed by atoms with van der Waals surface area (Å²) in [6, 6.07) is 6.69. The number of primary amides is 1. The number of nitrogens with zero attached hydrogens (tertiary/aromatic N) is 1. The molecule has 1 amide bonds. The Bertz CT molecular complexity index is 456. The third kappa shape index (κ3) is 2.61. The van der Waals surface area contributed by atoms with E-state index in [1.165, 1.54) is 0 Å². The zero-order chi connectivity index (χ0) is 13.1. The van der Waals surface area contributed by atoms with E-state index in [0.29, 0.717) is 6.54 Å². The minimum atomic E-state index is -0.935. The second kappa shape index (κ2) is 5.08. The van der Waals surface area contributed by atoms with Crippen molar-refractivity contribution >= 4 is 17.6 Å². The number of carboxylic acids is 1. The molecule has 1 aliphatic rings. The van der Waals surface area contributed by atoms with Crippen molar-refractivity contribution in [3.05, 3.63) is 29.8 Å². The van der Waals surface area contributed by atoms with Gasteiger partial charge in [-0.1, -0.05) is 0 Å². The van der Waals surface area contributed by atoms with Gasteiger partial charge in [0.05, 0.1) is 11.5 Å². The Kier molecular flexibility index (Phi) is 3.50. The third-order valence-electron chi connectivity index (χ3n) is 3.30. The topological polar surface area (TPSA) is 83.6 Å². The molecule has 0 radical (unpaired) electrons. The minimum absolute atomic E-state index is 0.113. The highest BCUT2D eigenvalue weighted by Gasteiger charge is 2.24. The van der Waals surface area contributed by atoms with Crippen LogP contribution in [0.15, 0.2) is 24.3 Å². The van der Waals surface area contributed by atoms with Crippen LogP contribution in [0.3, 0.4) is 0 Å². The highest BCUT2D eigenvalue weighted by molar-refractivity contribution is 5.88. The van der Waals surface area contributed by atoms with E-state index < -0.39 is 5.97 Å². The van der Waals surface area contributed by atoms with Crippen molar-refractivity contribution < 1.29 is 14.7 Å². The molecule has 0 saturated carbocycles. The van der Waals surface area contributed by atoms with E-state index in [1.54, 1.807) is 24.3 Å². The quantitative estimate of drug-likeness (QED) is 0.838. The maximum atomic E-state index is 11.2. The first-order chi connectivity index (χ1) is 8.58. The molecule has 18 heavy (non-hydrogen) atoms. The van der Waals surface area contributed by atoms with Crippen molar-refractivity contribution in [2.45, 2.75) is 12.8 Å². The number of carboxylic acid groups (broad SMARTS) is 1. The van der Waals surface area contributed by atoms with Crippen LogP contribution in [0.1, 0.15) is 23.2 Å². The van der Waals surface area contributed by atoms with Crippen LogP contribution in [0.25, 0.3) is 0 Å². The van der Waals surface area contributed by atoms with Gasteiger partial charge in [-0.25, -0.2) is 4.79 Å². The number of carbonyl (C=O) groups excluding carboxylic acids is 1. The number of piperidine rings is 1. The minimum Gasteiger partial charge on any atom is -0.478 e. The van der Waals surface area contributed by atoms with Crippen LogP contribution in [0, 0.1) is 5.92 Å². The van der Waals surface area contributed by atoms with Gasteiger partial charge in [-0.15, -0.1) is 0 Å². The molecule has 1 fully saturated rings. The SMILES string of the molecule is NC(=O)[C@H]1CCCN(c2ccc(C(=O)O)cc2)C1. The van der Waals surface area contributed by atoms with Gasteiger partial charge in [0.1, 0.15) is 0 Å². The second-order valence-electron chi connectivity index (χ2n) is 4.54. The Morgan fingerprint density at radius 2 is 1.94 bits per heavy atom. The summed E-state index contributed by atoms with van der Waals surface area (Å²) in [5.74, 6) is -1.31. The van der Waals surface area contributed by atoms with E-state index in [0.717, 1.165) is 25.1 Å². The van der Waals surface area contributed by atoms with Crippen molar-refractivity contribution in [2.75, 3.05) is 18.0 Å². The Morgan fingerprint density at radius 1 is 1.28 bits per heavy atom. The van der Waals surface area contributed by atoms with Crippen LogP contribution in [0.4, 0.5) is 5.69 Å². The largest absolute Gasteiger partial charge is 0.478 e. The van der Waals surface area contributed by atoms with Gasteiger partial charge in [-0.05, 0) is 37.1 Å². The number of hydrogen-bond donors (Lipinski definition) is 2. The summed E-state index contributed by atoms with van der Waals surface area (Å²) in [7, 11) is 0. The zero-order valence-corrected chi connectivity index (χ0v) is 10.0. The summed E-state index contributed by atoms with van der Waals surface area (Å²) in [6.07, 6.45) is 1.76. The summed E-state index contributed by atoms with van der Waals surface area (Å²) >= 11 is 0. The van der Waals surface area contributed by atoms with Crippen molar-refractivity contribution in [3.8, 4) is 0 Å². The lowest BCUT2D eigenvalue weighted by Crippen LogP contribution is -2.41. The average Bonchev–Trinajstić information content (AvgIpc) is 2.39. The van der Waals surface area contributed by atoms with Gasteiger partial charge in [-0.2, -0.15) is 0 Å². The maximum absolute atomic E-state index is 11.2. The summed E-state index contributed by atoms with van der Waals surface area (Å²) in [5, 5.41) is 8.83. The number of hydrogen-bond acceptors (Lipinski definition) is 3. The molecule has 1 heterocycles. The molecular formula is C13H16N2O3. The van der Waals surface area contributed by atoms with E-state index >= 15 is 0 Å². The fourth-order valence-electron chi connectivity index (χ4n) is 2.26. The molecule has 1 aliphatic heterocycles.